The lowest BCUT2D eigenvalue weighted by molar-refractivity contribution is 0.543. The Hall–Kier alpha value is -0.180. The van der Waals surface area contributed by atoms with Gasteiger partial charge in [-0.1, -0.05) is 30.3 Å². The molecule has 13 heavy (non-hydrogen) atoms. The number of benzene rings is 1. The molecular formula is C10H14ClNS. The molecule has 1 saturated heterocycles. The molecule has 1 heterocycles. The molecule has 0 atom stereocenters. The van der Waals surface area contributed by atoms with Crippen molar-refractivity contribution in [3.63, 3.8) is 0 Å². The van der Waals surface area contributed by atoms with Crippen LogP contribution in [0, 0.1) is 0 Å². The van der Waals surface area contributed by atoms with Crippen molar-refractivity contribution in [3.05, 3.63) is 35.9 Å². The third kappa shape index (κ3) is 3.22. The fraction of sp³-hybridized carbons (Fsp3) is 0.400. The maximum Gasteiger partial charge on any atom is 0.0300 e. The summed E-state index contributed by atoms with van der Waals surface area (Å²) in [7, 11) is 0. The van der Waals surface area contributed by atoms with Crippen LogP contribution in [0.15, 0.2) is 30.3 Å². The Bertz CT molecular complexity index is 236. The molecule has 2 rings (SSSR count). The summed E-state index contributed by atoms with van der Waals surface area (Å²) in [5.41, 5.74) is 1.44. The van der Waals surface area contributed by atoms with Gasteiger partial charge >= 0.3 is 0 Å². The molecular weight excluding hydrogens is 202 g/mol. The number of thioether (sulfide) groups is 1. The molecule has 0 aliphatic carbocycles. The van der Waals surface area contributed by atoms with Gasteiger partial charge in [-0.25, -0.2) is 0 Å². The summed E-state index contributed by atoms with van der Waals surface area (Å²) < 4.78 is 0. The Balaban J connectivity index is 0.000000845. The first kappa shape index (κ1) is 10.9. The Morgan fingerprint density at radius 3 is 2.46 bits per heavy atom. The molecule has 1 aliphatic heterocycles. The zero-order chi connectivity index (χ0) is 8.23. The zero-order valence-corrected chi connectivity index (χ0v) is 9.03. The second-order valence-corrected chi connectivity index (χ2v) is 4.37. The normalized spacial score (nSPS) is 16.0. The summed E-state index contributed by atoms with van der Waals surface area (Å²) >= 11 is 2.05. The van der Waals surface area contributed by atoms with Gasteiger partial charge in [0, 0.05) is 24.1 Å². The summed E-state index contributed by atoms with van der Waals surface area (Å²) in [5.74, 6) is 1.16. The highest BCUT2D eigenvalue weighted by Gasteiger charge is 2.16. The van der Waals surface area contributed by atoms with Crippen LogP contribution in [0.4, 0.5) is 0 Å². The van der Waals surface area contributed by atoms with E-state index in [1.54, 1.807) is 0 Å². The van der Waals surface area contributed by atoms with Gasteiger partial charge in [0.15, 0.2) is 0 Å². The van der Waals surface area contributed by atoms with Crippen LogP contribution in [-0.2, 0) is 5.75 Å². The van der Waals surface area contributed by atoms with Gasteiger partial charge in [-0.05, 0) is 5.56 Å². The smallest absolute Gasteiger partial charge is 0.0300 e. The molecule has 3 heteroatoms. The monoisotopic (exact) mass is 215 g/mol. The van der Waals surface area contributed by atoms with E-state index >= 15 is 0 Å². The predicted octanol–water partition coefficient (Wildman–Crippen LogP) is 2.31. The maximum absolute atomic E-state index is 3.28. The van der Waals surface area contributed by atoms with E-state index in [4.69, 9.17) is 0 Å². The minimum atomic E-state index is 0. The van der Waals surface area contributed by atoms with E-state index in [-0.39, 0.29) is 12.4 Å². The van der Waals surface area contributed by atoms with E-state index < -0.39 is 0 Å². The molecule has 1 aromatic rings. The van der Waals surface area contributed by atoms with Crippen LogP contribution in [0.5, 0.6) is 0 Å². The van der Waals surface area contributed by atoms with Crippen molar-refractivity contribution in [2.75, 3.05) is 13.1 Å². The molecule has 72 valence electrons. The van der Waals surface area contributed by atoms with Crippen molar-refractivity contribution >= 4 is 24.2 Å². The van der Waals surface area contributed by atoms with Gasteiger partial charge in [-0.15, -0.1) is 12.4 Å². The molecule has 1 N–H and O–H groups in total. The minimum absolute atomic E-state index is 0. The van der Waals surface area contributed by atoms with Crippen molar-refractivity contribution in [3.8, 4) is 0 Å². The highest BCUT2D eigenvalue weighted by molar-refractivity contribution is 7.99. The number of nitrogens with one attached hydrogen (secondary N) is 1. The SMILES string of the molecule is Cl.c1ccc(CSC2CNC2)cc1. The molecule has 1 aliphatic rings. The third-order valence-corrected chi connectivity index (χ3v) is 3.38. The Morgan fingerprint density at radius 2 is 1.92 bits per heavy atom. The molecule has 0 aromatic heterocycles. The van der Waals surface area contributed by atoms with Gasteiger partial charge in [0.05, 0.1) is 0 Å². The fourth-order valence-corrected chi connectivity index (χ4v) is 2.26. The van der Waals surface area contributed by atoms with Gasteiger partial charge in [0.2, 0.25) is 0 Å². The largest absolute Gasteiger partial charge is 0.314 e. The minimum Gasteiger partial charge on any atom is -0.314 e. The summed E-state index contributed by atoms with van der Waals surface area (Å²) in [5, 5.41) is 4.13. The Labute approximate surface area is 89.7 Å². The predicted molar refractivity (Wildman–Crippen MR) is 61.6 cm³/mol. The lowest BCUT2D eigenvalue weighted by Gasteiger charge is -2.26. The average Bonchev–Trinajstić information content (AvgIpc) is 2.04. The molecule has 0 spiro atoms. The highest BCUT2D eigenvalue weighted by Crippen LogP contribution is 2.19. The molecule has 0 radical (unpaired) electrons. The fourth-order valence-electron chi connectivity index (χ4n) is 1.17. The van der Waals surface area contributed by atoms with E-state index in [0.29, 0.717) is 0 Å². The highest BCUT2D eigenvalue weighted by atomic mass is 35.5. The molecule has 1 fully saturated rings. The molecule has 0 amide bonds. The first-order valence-electron chi connectivity index (χ1n) is 4.31. The van der Waals surface area contributed by atoms with Gasteiger partial charge < -0.3 is 5.32 Å². The van der Waals surface area contributed by atoms with Crippen LogP contribution < -0.4 is 5.32 Å². The molecule has 0 bridgehead atoms. The van der Waals surface area contributed by atoms with Crippen molar-refractivity contribution in [2.24, 2.45) is 0 Å². The second kappa shape index (κ2) is 5.53. The molecule has 1 aromatic carbocycles. The van der Waals surface area contributed by atoms with Gasteiger partial charge in [0.1, 0.15) is 0 Å². The van der Waals surface area contributed by atoms with Crippen molar-refractivity contribution < 1.29 is 0 Å². The first-order valence-corrected chi connectivity index (χ1v) is 5.36. The first-order chi connectivity index (χ1) is 5.95. The standard InChI is InChI=1S/C10H13NS.ClH/c1-2-4-9(5-3-1)8-12-10-6-11-7-10;/h1-5,10-11H,6-8H2;1H. The second-order valence-electron chi connectivity index (χ2n) is 3.08. The third-order valence-electron chi connectivity index (χ3n) is 2.07. The van der Waals surface area contributed by atoms with Crippen molar-refractivity contribution in [1.29, 1.82) is 0 Å². The summed E-state index contributed by atoms with van der Waals surface area (Å²) in [6.45, 7) is 2.38. The molecule has 0 unspecified atom stereocenters. The van der Waals surface area contributed by atoms with Crippen molar-refractivity contribution in [1.82, 2.24) is 5.32 Å². The van der Waals surface area contributed by atoms with Crippen molar-refractivity contribution in [2.45, 2.75) is 11.0 Å². The number of hydrogen-bond acceptors (Lipinski definition) is 2. The van der Waals surface area contributed by atoms with E-state index in [0.717, 1.165) is 11.0 Å². The quantitative estimate of drug-likeness (QED) is 0.831. The van der Waals surface area contributed by atoms with Gasteiger partial charge in [0.25, 0.3) is 0 Å². The van der Waals surface area contributed by atoms with E-state index in [9.17, 15) is 0 Å². The number of rotatable bonds is 3. The summed E-state index contributed by atoms with van der Waals surface area (Å²) in [6, 6.07) is 10.7. The summed E-state index contributed by atoms with van der Waals surface area (Å²) in [6.07, 6.45) is 0. The lowest BCUT2D eigenvalue weighted by Crippen LogP contribution is -2.44. The van der Waals surface area contributed by atoms with Crippen LogP contribution in [0.25, 0.3) is 0 Å². The number of hydrogen-bond donors (Lipinski definition) is 1. The average molecular weight is 216 g/mol. The topological polar surface area (TPSA) is 12.0 Å². The molecule has 1 nitrogen and oxygen atoms in total. The van der Waals surface area contributed by atoms with Crippen LogP contribution in [-0.4, -0.2) is 18.3 Å². The Kier molecular flexibility index (Phi) is 4.64. The zero-order valence-electron chi connectivity index (χ0n) is 7.40. The van der Waals surface area contributed by atoms with Gasteiger partial charge in [-0.2, -0.15) is 11.8 Å². The van der Waals surface area contributed by atoms with Crippen LogP contribution in [0.2, 0.25) is 0 Å². The van der Waals surface area contributed by atoms with E-state index in [1.807, 2.05) is 0 Å². The van der Waals surface area contributed by atoms with E-state index in [1.165, 1.54) is 18.7 Å². The Morgan fingerprint density at radius 1 is 1.23 bits per heavy atom. The van der Waals surface area contributed by atoms with Crippen LogP contribution in [0.1, 0.15) is 5.56 Å². The van der Waals surface area contributed by atoms with Gasteiger partial charge in [-0.3, -0.25) is 0 Å². The van der Waals surface area contributed by atoms with Crippen LogP contribution in [0.3, 0.4) is 0 Å². The van der Waals surface area contributed by atoms with E-state index in [2.05, 4.69) is 47.4 Å². The van der Waals surface area contributed by atoms with Crippen LogP contribution >= 0.6 is 24.2 Å². The maximum atomic E-state index is 3.28. The lowest BCUT2D eigenvalue weighted by atomic mass is 10.2. The summed E-state index contributed by atoms with van der Waals surface area (Å²) in [4.78, 5) is 0. The molecule has 0 saturated carbocycles. The number of halogens is 1.